The van der Waals surface area contributed by atoms with Gasteiger partial charge in [-0.1, -0.05) is 18.6 Å². The number of nitrogens with one attached hydrogen (secondary N) is 1. The van der Waals surface area contributed by atoms with Crippen molar-refractivity contribution < 1.29 is 0 Å². The maximum atomic E-state index is 5.45. The first-order chi connectivity index (χ1) is 7.72. The molecule has 2 rings (SSSR count). The van der Waals surface area contributed by atoms with Gasteiger partial charge >= 0.3 is 0 Å². The first-order valence-corrected chi connectivity index (χ1v) is 6.02. The van der Waals surface area contributed by atoms with Gasteiger partial charge in [-0.15, -0.1) is 5.10 Å². The Morgan fingerprint density at radius 2 is 2.38 bits per heavy atom. The molecule has 0 atom stereocenters. The second-order valence-electron chi connectivity index (χ2n) is 5.03. The monoisotopic (exact) mass is 223 g/mol. The van der Waals surface area contributed by atoms with E-state index >= 15 is 0 Å². The largest absolute Gasteiger partial charge is 0.329 e. The molecule has 1 aliphatic rings. The van der Waals surface area contributed by atoms with Crippen LogP contribution in [0, 0.1) is 5.41 Å². The summed E-state index contributed by atoms with van der Waals surface area (Å²) in [5, 5.41) is 11.5. The first kappa shape index (κ1) is 11.5. The predicted octanol–water partition coefficient (Wildman–Crippen LogP) is 0.517. The fourth-order valence-corrected chi connectivity index (χ4v) is 2.11. The quantitative estimate of drug-likeness (QED) is 0.737. The Hall–Kier alpha value is -0.940. The van der Waals surface area contributed by atoms with Crippen molar-refractivity contribution >= 4 is 0 Å². The number of nitrogens with two attached hydrogens (primary N) is 1. The Balaban J connectivity index is 1.72. The number of nitrogens with zero attached hydrogens (tertiary/aromatic N) is 3. The minimum Gasteiger partial charge on any atom is -0.329 e. The zero-order valence-electron chi connectivity index (χ0n) is 9.95. The second kappa shape index (κ2) is 4.93. The Labute approximate surface area is 96.4 Å². The van der Waals surface area contributed by atoms with Gasteiger partial charge in [0, 0.05) is 25.8 Å². The summed E-state index contributed by atoms with van der Waals surface area (Å²) >= 11 is 0. The minimum atomic E-state index is 0.521. The molecule has 16 heavy (non-hydrogen) atoms. The lowest BCUT2D eigenvalue weighted by Crippen LogP contribution is -2.37. The van der Waals surface area contributed by atoms with Gasteiger partial charge in [-0.3, -0.25) is 4.68 Å². The summed E-state index contributed by atoms with van der Waals surface area (Å²) in [6.45, 7) is 5.57. The van der Waals surface area contributed by atoms with Crippen molar-refractivity contribution in [1.82, 2.24) is 20.3 Å². The number of aromatic nitrogens is 3. The summed E-state index contributed by atoms with van der Waals surface area (Å²) in [6.07, 6.45) is 6.04. The highest BCUT2D eigenvalue weighted by atomic mass is 15.4. The van der Waals surface area contributed by atoms with E-state index in [1.807, 2.05) is 6.20 Å². The first-order valence-electron chi connectivity index (χ1n) is 6.02. The summed E-state index contributed by atoms with van der Waals surface area (Å²) in [4.78, 5) is 0. The maximum Gasteiger partial charge on any atom is 0.0964 e. The third kappa shape index (κ3) is 2.80. The normalized spacial score (nSPS) is 18.4. The van der Waals surface area contributed by atoms with Gasteiger partial charge in [-0.25, -0.2) is 0 Å². The van der Waals surface area contributed by atoms with E-state index in [1.54, 1.807) is 4.68 Å². The van der Waals surface area contributed by atoms with Gasteiger partial charge in [0.1, 0.15) is 0 Å². The van der Waals surface area contributed by atoms with Gasteiger partial charge < -0.3 is 11.1 Å². The van der Waals surface area contributed by atoms with Crippen molar-refractivity contribution in [3.8, 4) is 0 Å². The third-order valence-corrected chi connectivity index (χ3v) is 3.36. The number of hydrogen-bond acceptors (Lipinski definition) is 4. The lowest BCUT2D eigenvalue weighted by molar-refractivity contribution is 0.156. The Kier molecular flexibility index (Phi) is 3.56. The van der Waals surface area contributed by atoms with E-state index in [2.05, 4.69) is 22.6 Å². The molecule has 5 nitrogen and oxygen atoms in total. The summed E-state index contributed by atoms with van der Waals surface area (Å²) in [7, 11) is 0. The molecular formula is C11H21N5. The minimum absolute atomic E-state index is 0.521. The highest BCUT2D eigenvalue weighted by Crippen LogP contribution is 2.39. The molecule has 3 N–H and O–H groups in total. The van der Waals surface area contributed by atoms with Crippen molar-refractivity contribution in [2.45, 2.75) is 39.3 Å². The van der Waals surface area contributed by atoms with Gasteiger partial charge in [0.2, 0.25) is 0 Å². The molecule has 0 aromatic carbocycles. The molecule has 5 heteroatoms. The molecule has 1 aromatic heterocycles. The van der Waals surface area contributed by atoms with E-state index < -0.39 is 0 Å². The zero-order valence-corrected chi connectivity index (χ0v) is 9.95. The fourth-order valence-electron chi connectivity index (χ4n) is 2.11. The highest BCUT2D eigenvalue weighted by molar-refractivity contribution is 4.93. The van der Waals surface area contributed by atoms with Crippen molar-refractivity contribution in [2.75, 3.05) is 13.1 Å². The van der Waals surface area contributed by atoms with Crippen molar-refractivity contribution in [3.63, 3.8) is 0 Å². The average Bonchev–Trinajstić information content (AvgIpc) is 2.64. The second-order valence-corrected chi connectivity index (χ2v) is 5.03. The van der Waals surface area contributed by atoms with Crippen molar-refractivity contribution in [3.05, 3.63) is 11.9 Å². The van der Waals surface area contributed by atoms with Crippen LogP contribution in [0.5, 0.6) is 0 Å². The van der Waals surface area contributed by atoms with Crippen molar-refractivity contribution in [2.24, 2.45) is 11.1 Å². The van der Waals surface area contributed by atoms with Crippen LogP contribution in [0.4, 0.5) is 0 Å². The third-order valence-electron chi connectivity index (χ3n) is 3.36. The Morgan fingerprint density at radius 1 is 1.56 bits per heavy atom. The topological polar surface area (TPSA) is 68.8 Å². The lowest BCUT2D eigenvalue weighted by Gasteiger charge is -2.38. The summed E-state index contributed by atoms with van der Waals surface area (Å²) < 4.78 is 1.79. The van der Waals surface area contributed by atoms with Crippen LogP contribution in [0.1, 0.15) is 31.9 Å². The molecule has 0 saturated heterocycles. The Bertz CT molecular complexity index is 329. The van der Waals surface area contributed by atoms with Crippen LogP contribution >= 0.6 is 0 Å². The molecule has 90 valence electrons. The van der Waals surface area contributed by atoms with Gasteiger partial charge in [-0.05, 0) is 18.3 Å². The number of hydrogen-bond donors (Lipinski definition) is 2. The van der Waals surface area contributed by atoms with Crippen LogP contribution in [0.3, 0.4) is 0 Å². The molecule has 1 fully saturated rings. The standard InChI is InChI=1S/C11H21N5/c1-11(3-2-4-11)9-13-7-10-8-16(6-5-12)15-14-10/h8,13H,2-7,9,12H2,1H3. The summed E-state index contributed by atoms with van der Waals surface area (Å²) in [5.74, 6) is 0. The SMILES string of the molecule is CC1(CNCc2cn(CCN)nn2)CCC1. The van der Waals surface area contributed by atoms with E-state index in [0.717, 1.165) is 25.3 Å². The van der Waals surface area contributed by atoms with Crippen LogP contribution in [0.15, 0.2) is 6.20 Å². The van der Waals surface area contributed by atoms with E-state index in [1.165, 1.54) is 19.3 Å². The molecule has 0 bridgehead atoms. The maximum absolute atomic E-state index is 5.45. The molecule has 0 amide bonds. The highest BCUT2D eigenvalue weighted by Gasteiger charge is 2.30. The van der Waals surface area contributed by atoms with Gasteiger partial charge in [-0.2, -0.15) is 0 Å². The lowest BCUT2D eigenvalue weighted by atomic mass is 9.70. The van der Waals surface area contributed by atoms with E-state index in [0.29, 0.717) is 12.0 Å². The van der Waals surface area contributed by atoms with E-state index in [-0.39, 0.29) is 0 Å². The molecule has 1 aromatic rings. The van der Waals surface area contributed by atoms with Crippen LogP contribution in [0.2, 0.25) is 0 Å². The van der Waals surface area contributed by atoms with E-state index in [9.17, 15) is 0 Å². The molecule has 1 saturated carbocycles. The van der Waals surface area contributed by atoms with E-state index in [4.69, 9.17) is 5.73 Å². The average molecular weight is 223 g/mol. The predicted molar refractivity (Wildman–Crippen MR) is 62.7 cm³/mol. The molecule has 0 aliphatic heterocycles. The van der Waals surface area contributed by atoms with Gasteiger partial charge in [0.15, 0.2) is 0 Å². The molecule has 0 spiro atoms. The molecule has 0 radical (unpaired) electrons. The fraction of sp³-hybridized carbons (Fsp3) is 0.818. The van der Waals surface area contributed by atoms with Gasteiger partial charge in [0.25, 0.3) is 0 Å². The molecule has 1 heterocycles. The molecular weight excluding hydrogens is 202 g/mol. The molecule has 0 unspecified atom stereocenters. The molecule has 1 aliphatic carbocycles. The summed E-state index contributed by atoms with van der Waals surface area (Å²) in [6, 6.07) is 0. The smallest absolute Gasteiger partial charge is 0.0964 e. The zero-order chi connectivity index (χ0) is 11.4. The van der Waals surface area contributed by atoms with Crippen LogP contribution in [0.25, 0.3) is 0 Å². The van der Waals surface area contributed by atoms with Crippen LogP contribution < -0.4 is 11.1 Å². The number of rotatable bonds is 6. The van der Waals surface area contributed by atoms with Crippen LogP contribution in [-0.2, 0) is 13.1 Å². The summed E-state index contributed by atoms with van der Waals surface area (Å²) in [5.41, 5.74) is 6.97. The van der Waals surface area contributed by atoms with Crippen molar-refractivity contribution in [1.29, 1.82) is 0 Å². The van der Waals surface area contributed by atoms with Crippen LogP contribution in [-0.4, -0.2) is 28.1 Å². The Morgan fingerprint density at radius 3 is 3.00 bits per heavy atom. The van der Waals surface area contributed by atoms with Gasteiger partial charge in [0.05, 0.1) is 12.2 Å².